The molecule has 0 aliphatic heterocycles. The van der Waals surface area contributed by atoms with Crippen LogP contribution in [0.25, 0.3) is 0 Å². The van der Waals surface area contributed by atoms with Crippen molar-refractivity contribution in [3.05, 3.63) is 0 Å². The van der Waals surface area contributed by atoms with Crippen molar-refractivity contribution in [2.45, 2.75) is 52.5 Å². The predicted molar refractivity (Wildman–Crippen MR) is 57.5 cm³/mol. The third-order valence-electron chi connectivity index (χ3n) is 3.07. The fourth-order valence-electron chi connectivity index (χ4n) is 2.14. The minimum atomic E-state index is 0.500. The smallest absolute Gasteiger partial charge is 0.0214 e. The fourth-order valence-corrected chi connectivity index (χ4v) is 2.14. The molecule has 0 bridgehead atoms. The van der Waals surface area contributed by atoms with Gasteiger partial charge in [0.1, 0.15) is 0 Å². The second-order valence-electron chi connectivity index (χ2n) is 4.56. The van der Waals surface area contributed by atoms with Crippen LogP contribution in [0.2, 0.25) is 0 Å². The van der Waals surface area contributed by atoms with Gasteiger partial charge >= 0.3 is 0 Å². The zero-order chi connectivity index (χ0) is 9.73. The highest BCUT2D eigenvalue weighted by Crippen LogP contribution is 2.36. The second-order valence-corrected chi connectivity index (χ2v) is 4.56. The quantitative estimate of drug-likeness (QED) is 0.518. The lowest BCUT2D eigenvalue weighted by Gasteiger charge is -2.27. The van der Waals surface area contributed by atoms with Gasteiger partial charge in [0.25, 0.3) is 0 Å². The Kier molecular flexibility index (Phi) is 3.81. The van der Waals surface area contributed by atoms with Gasteiger partial charge in [-0.1, -0.05) is 20.3 Å². The van der Waals surface area contributed by atoms with Crippen LogP contribution < -0.4 is 5.32 Å². The van der Waals surface area contributed by atoms with Gasteiger partial charge in [-0.25, -0.2) is 0 Å². The maximum Gasteiger partial charge on any atom is 0.0214 e. The van der Waals surface area contributed by atoms with Crippen LogP contribution in [0.5, 0.6) is 0 Å². The average molecular weight is 179 g/mol. The molecule has 1 rings (SSSR count). The molecule has 0 amide bonds. The largest absolute Gasteiger partial charge is 0.313 e. The Bertz CT molecular complexity index is 207. The fraction of sp³-hybridized carbons (Fsp3) is 0.833. The van der Waals surface area contributed by atoms with Crippen molar-refractivity contribution >= 4 is 0 Å². The molecule has 1 nitrogen and oxygen atoms in total. The Morgan fingerprint density at radius 3 is 2.77 bits per heavy atom. The summed E-state index contributed by atoms with van der Waals surface area (Å²) in [5.74, 6) is 6.01. The summed E-state index contributed by atoms with van der Waals surface area (Å²) in [7, 11) is 0. The normalized spacial score (nSPS) is 25.3. The first kappa shape index (κ1) is 10.6. The number of nitrogens with one attached hydrogen (secondary N) is 1. The molecule has 0 saturated heterocycles. The SMILES string of the molecule is CC#CCCNC1CCCC1(C)C. The maximum absolute atomic E-state index is 3.60. The zero-order valence-corrected chi connectivity index (χ0v) is 9.11. The molecule has 0 aromatic carbocycles. The summed E-state index contributed by atoms with van der Waals surface area (Å²) in [6, 6.07) is 0.714. The first-order valence-electron chi connectivity index (χ1n) is 5.30. The van der Waals surface area contributed by atoms with Crippen LogP contribution in [0.3, 0.4) is 0 Å². The van der Waals surface area contributed by atoms with Crippen LogP contribution in [0.15, 0.2) is 0 Å². The molecule has 1 unspecified atom stereocenters. The van der Waals surface area contributed by atoms with Crippen LogP contribution >= 0.6 is 0 Å². The molecule has 1 N–H and O–H groups in total. The lowest BCUT2D eigenvalue weighted by molar-refractivity contribution is 0.286. The van der Waals surface area contributed by atoms with Crippen LogP contribution in [0, 0.1) is 17.3 Å². The second kappa shape index (κ2) is 4.67. The number of hydrogen-bond donors (Lipinski definition) is 1. The van der Waals surface area contributed by atoms with Crippen molar-refractivity contribution in [1.29, 1.82) is 0 Å². The Balaban J connectivity index is 2.23. The van der Waals surface area contributed by atoms with Crippen molar-refractivity contribution in [1.82, 2.24) is 5.32 Å². The molecule has 1 aliphatic carbocycles. The lowest BCUT2D eigenvalue weighted by atomic mass is 9.87. The third kappa shape index (κ3) is 3.04. The lowest BCUT2D eigenvalue weighted by Crippen LogP contribution is -2.38. The Hall–Kier alpha value is -0.480. The molecule has 0 aromatic rings. The van der Waals surface area contributed by atoms with Crippen LogP contribution in [-0.2, 0) is 0 Å². The molecule has 1 heteroatoms. The van der Waals surface area contributed by atoms with Crippen molar-refractivity contribution in [2.75, 3.05) is 6.54 Å². The maximum atomic E-state index is 3.60. The van der Waals surface area contributed by atoms with E-state index >= 15 is 0 Å². The molecule has 0 heterocycles. The van der Waals surface area contributed by atoms with Gasteiger partial charge in [0.2, 0.25) is 0 Å². The Labute approximate surface area is 82.3 Å². The van der Waals surface area contributed by atoms with Crippen LogP contribution in [0.1, 0.15) is 46.5 Å². The van der Waals surface area contributed by atoms with E-state index < -0.39 is 0 Å². The molecule has 0 radical (unpaired) electrons. The van der Waals surface area contributed by atoms with E-state index in [4.69, 9.17) is 0 Å². The van der Waals surface area contributed by atoms with E-state index in [0.29, 0.717) is 11.5 Å². The van der Waals surface area contributed by atoms with E-state index in [-0.39, 0.29) is 0 Å². The summed E-state index contributed by atoms with van der Waals surface area (Å²) in [5, 5.41) is 3.60. The minimum absolute atomic E-state index is 0.500. The summed E-state index contributed by atoms with van der Waals surface area (Å²) in [5.41, 5.74) is 0.500. The molecule has 1 atom stereocenters. The van der Waals surface area contributed by atoms with E-state index in [9.17, 15) is 0 Å². The molecular weight excluding hydrogens is 158 g/mol. The summed E-state index contributed by atoms with van der Waals surface area (Å²) in [6.07, 6.45) is 5.07. The highest BCUT2D eigenvalue weighted by atomic mass is 14.9. The van der Waals surface area contributed by atoms with Gasteiger partial charge in [-0.3, -0.25) is 0 Å². The van der Waals surface area contributed by atoms with Gasteiger partial charge in [0.15, 0.2) is 0 Å². The van der Waals surface area contributed by atoms with E-state index in [1.807, 2.05) is 6.92 Å². The molecule has 13 heavy (non-hydrogen) atoms. The Morgan fingerprint density at radius 1 is 1.46 bits per heavy atom. The van der Waals surface area contributed by atoms with Gasteiger partial charge in [0, 0.05) is 19.0 Å². The number of rotatable bonds is 3. The molecule has 74 valence electrons. The average Bonchev–Trinajstić information content (AvgIpc) is 2.40. The monoisotopic (exact) mass is 179 g/mol. The predicted octanol–water partition coefficient (Wildman–Crippen LogP) is 2.57. The van der Waals surface area contributed by atoms with Crippen LogP contribution in [0.4, 0.5) is 0 Å². The van der Waals surface area contributed by atoms with Gasteiger partial charge in [-0.15, -0.1) is 11.8 Å². The molecule has 1 saturated carbocycles. The standard InChI is InChI=1S/C12H21N/c1-4-5-6-10-13-11-8-7-9-12(11,2)3/h11,13H,6-10H2,1-3H3. The van der Waals surface area contributed by atoms with Crippen molar-refractivity contribution in [3.8, 4) is 11.8 Å². The summed E-state index contributed by atoms with van der Waals surface area (Å²) in [6.45, 7) is 7.68. The zero-order valence-electron chi connectivity index (χ0n) is 9.11. The summed E-state index contributed by atoms with van der Waals surface area (Å²) < 4.78 is 0. The van der Waals surface area contributed by atoms with Crippen molar-refractivity contribution < 1.29 is 0 Å². The molecular formula is C12H21N. The first-order valence-corrected chi connectivity index (χ1v) is 5.30. The van der Waals surface area contributed by atoms with Crippen molar-refractivity contribution in [2.24, 2.45) is 5.41 Å². The third-order valence-corrected chi connectivity index (χ3v) is 3.07. The minimum Gasteiger partial charge on any atom is -0.313 e. The highest BCUT2D eigenvalue weighted by Gasteiger charge is 2.33. The van der Waals surface area contributed by atoms with Gasteiger partial charge in [0.05, 0.1) is 0 Å². The molecule has 0 spiro atoms. The summed E-state index contributed by atoms with van der Waals surface area (Å²) >= 11 is 0. The topological polar surface area (TPSA) is 12.0 Å². The first-order chi connectivity index (χ1) is 6.17. The van der Waals surface area contributed by atoms with Gasteiger partial charge in [-0.05, 0) is 25.2 Å². The molecule has 0 aromatic heterocycles. The highest BCUT2D eigenvalue weighted by molar-refractivity contribution is 4.96. The van der Waals surface area contributed by atoms with E-state index in [1.165, 1.54) is 19.3 Å². The van der Waals surface area contributed by atoms with E-state index in [1.54, 1.807) is 0 Å². The summed E-state index contributed by atoms with van der Waals surface area (Å²) in [4.78, 5) is 0. The number of hydrogen-bond acceptors (Lipinski definition) is 1. The van der Waals surface area contributed by atoms with Crippen molar-refractivity contribution in [3.63, 3.8) is 0 Å². The van der Waals surface area contributed by atoms with Gasteiger partial charge < -0.3 is 5.32 Å². The molecule has 1 aliphatic rings. The van der Waals surface area contributed by atoms with Gasteiger partial charge in [-0.2, -0.15) is 0 Å². The van der Waals surface area contributed by atoms with Crippen LogP contribution in [-0.4, -0.2) is 12.6 Å². The van der Waals surface area contributed by atoms with E-state index in [2.05, 4.69) is 31.0 Å². The molecule has 1 fully saturated rings. The Morgan fingerprint density at radius 2 is 2.23 bits per heavy atom. The van der Waals surface area contributed by atoms with E-state index in [0.717, 1.165) is 13.0 Å².